The Kier molecular flexibility index (Phi) is 4.19. The molecule has 0 bridgehead atoms. The molecule has 0 fully saturated rings. The number of hydrogen-bond donors (Lipinski definition) is 1. The molecular weight excluding hydrogens is 268 g/mol. The van der Waals surface area contributed by atoms with Crippen LogP contribution in [0, 0.1) is 17.0 Å². The van der Waals surface area contributed by atoms with E-state index in [0.717, 1.165) is 11.5 Å². The molecule has 0 radical (unpaired) electrons. The van der Waals surface area contributed by atoms with Crippen molar-refractivity contribution in [3.05, 3.63) is 62.6 Å². The quantitative estimate of drug-likeness (QED) is 0.673. The van der Waals surface area contributed by atoms with Gasteiger partial charge in [0.1, 0.15) is 11.5 Å². The highest BCUT2D eigenvalue weighted by Crippen LogP contribution is 2.22. The van der Waals surface area contributed by atoms with E-state index < -0.39 is 4.92 Å². The second-order valence-electron chi connectivity index (χ2n) is 4.15. The van der Waals surface area contributed by atoms with Gasteiger partial charge in [-0.15, -0.1) is 0 Å². The SMILES string of the molecule is Cc1ccc(CNCc2cc(Cl)ccc2[N+](=O)[O-])o1. The molecule has 0 aliphatic heterocycles. The van der Waals surface area contributed by atoms with Crippen molar-refractivity contribution in [2.75, 3.05) is 0 Å². The first-order valence-electron chi connectivity index (χ1n) is 5.75. The Morgan fingerprint density at radius 3 is 2.74 bits per heavy atom. The lowest BCUT2D eigenvalue weighted by Gasteiger charge is -2.05. The second-order valence-corrected chi connectivity index (χ2v) is 4.58. The van der Waals surface area contributed by atoms with Crippen LogP contribution in [0.5, 0.6) is 0 Å². The monoisotopic (exact) mass is 280 g/mol. The molecule has 2 rings (SSSR count). The lowest BCUT2D eigenvalue weighted by Crippen LogP contribution is -2.13. The third kappa shape index (κ3) is 3.56. The van der Waals surface area contributed by atoms with Gasteiger partial charge in [-0.3, -0.25) is 10.1 Å². The summed E-state index contributed by atoms with van der Waals surface area (Å²) in [6.45, 7) is 2.74. The molecule has 2 aromatic rings. The van der Waals surface area contributed by atoms with Crippen LogP contribution in [0.2, 0.25) is 5.02 Å². The molecule has 0 aliphatic rings. The number of furan rings is 1. The topological polar surface area (TPSA) is 68.3 Å². The number of nitrogens with one attached hydrogen (secondary N) is 1. The third-order valence-corrected chi connectivity index (χ3v) is 2.88. The van der Waals surface area contributed by atoms with Crippen molar-refractivity contribution in [2.24, 2.45) is 0 Å². The van der Waals surface area contributed by atoms with Gasteiger partial charge in [0.15, 0.2) is 0 Å². The molecule has 6 heteroatoms. The lowest BCUT2D eigenvalue weighted by molar-refractivity contribution is -0.385. The average molecular weight is 281 g/mol. The van der Waals surface area contributed by atoms with E-state index in [1.165, 1.54) is 12.1 Å². The fourth-order valence-electron chi connectivity index (χ4n) is 1.77. The smallest absolute Gasteiger partial charge is 0.273 e. The predicted molar refractivity (Wildman–Crippen MR) is 72.1 cm³/mol. The first-order chi connectivity index (χ1) is 9.06. The Morgan fingerprint density at radius 2 is 2.11 bits per heavy atom. The zero-order chi connectivity index (χ0) is 13.8. The standard InChI is InChI=1S/C13H13ClN2O3/c1-9-2-4-12(19-9)8-15-7-10-6-11(14)3-5-13(10)16(17)18/h2-6,15H,7-8H2,1H3. The number of rotatable bonds is 5. The van der Waals surface area contributed by atoms with Gasteiger partial charge in [-0.2, -0.15) is 0 Å². The number of nitro benzene ring substituents is 1. The van der Waals surface area contributed by atoms with Crippen molar-refractivity contribution >= 4 is 17.3 Å². The Hall–Kier alpha value is -1.85. The average Bonchev–Trinajstić information content (AvgIpc) is 2.75. The minimum Gasteiger partial charge on any atom is -0.465 e. The molecule has 1 N–H and O–H groups in total. The summed E-state index contributed by atoms with van der Waals surface area (Å²) < 4.78 is 5.40. The van der Waals surface area contributed by atoms with Gasteiger partial charge in [-0.1, -0.05) is 11.6 Å². The van der Waals surface area contributed by atoms with Gasteiger partial charge in [-0.25, -0.2) is 0 Å². The number of nitro groups is 1. The molecule has 19 heavy (non-hydrogen) atoms. The van der Waals surface area contributed by atoms with Gasteiger partial charge in [0.2, 0.25) is 0 Å². The van der Waals surface area contributed by atoms with Crippen LogP contribution in [0.1, 0.15) is 17.1 Å². The number of aryl methyl sites for hydroxylation is 1. The van der Waals surface area contributed by atoms with E-state index in [2.05, 4.69) is 5.32 Å². The second kappa shape index (κ2) is 5.86. The molecule has 0 saturated heterocycles. The van der Waals surface area contributed by atoms with Crippen molar-refractivity contribution in [3.8, 4) is 0 Å². The molecule has 1 heterocycles. The van der Waals surface area contributed by atoms with Crippen molar-refractivity contribution in [3.63, 3.8) is 0 Å². The van der Waals surface area contributed by atoms with Gasteiger partial charge in [0.05, 0.1) is 11.5 Å². The Labute approximate surface area is 115 Å². The number of nitrogens with zero attached hydrogens (tertiary/aromatic N) is 1. The number of benzene rings is 1. The van der Waals surface area contributed by atoms with Crippen molar-refractivity contribution in [1.82, 2.24) is 5.32 Å². The third-order valence-electron chi connectivity index (χ3n) is 2.65. The maximum atomic E-state index is 10.9. The summed E-state index contributed by atoms with van der Waals surface area (Å²) in [5.41, 5.74) is 0.619. The molecule has 100 valence electrons. The van der Waals surface area contributed by atoms with Crippen LogP contribution in [-0.2, 0) is 13.1 Å². The molecule has 0 spiro atoms. The highest BCUT2D eigenvalue weighted by Gasteiger charge is 2.13. The summed E-state index contributed by atoms with van der Waals surface area (Å²) >= 11 is 5.85. The molecule has 5 nitrogen and oxygen atoms in total. The highest BCUT2D eigenvalue weighted by molar-refractivity contribution is 6.30. The minimum atomic E-state index is -0.412. The van der Waals surface area contributed by atoms with Gasteiger partial charge in [-0.05, 0) is 31.2 Å². The van der Waals surface area contributed by atoms with Crippen LogP contribution in [0.15, 0.2) is 34.7 Å². The summed E-state index contributed by atoms with van der Waals surface area (Å²) in [6.07, 6.45) is 0. The fraction of sp³-hybridized carbons (Fsp3) is 0.231. The summed E-state index contributed by atoms with van der Waals surface area (Å²) in [5.74, 6) is 1.63. The van der Waals surface area contributed by atoms with Crippen LogP contribution in [0.4, 0.5) is 5.69 Å². The summed E-state index contributed by atoms with van der Waals surface area (Å²) in [6, 6.07) is 8.27. The van der Waals surface area contributed by atoms with Gasteiger partial charge in [0.25, 0.3) is 5.69 Å². The van der Waals surface area contributed by atoms with E-state index in [4.69, 9.17) is 16.0 Å². The fourth-order valence-corrected chi connectivity index (χ4v) is 1.97. The van der Waals surface area contributed by atoms with E-state index in [1.54, 1.807) is 6.07 Å². The normalized spacial score (nSPS) is 10.6. The summed E-state index contributed by atoms with van der Waals surface area (Å²) in [7, 11) is 0. The van der Waals surface area contributed by atoms with Crippen LogP contribution in [-0.4, -0.2) is 4.92 Å². The zero-order valence-electron chi connectivity index (χ0n) is 10.4. The van der Waals surface area contributed by atoms with E-state index >= 15 is 0 Å². The lowest BCUT2D eigenvalue weighted by atomic mass is 10.2. The molecule has 0 aliphatic carbocycles. The van der Waals surface area contributed by atoms with Crippen molar-refractivity contribution in [2.45, 2.75) is 20.0 Å². The molecule has 0 unspecified atom stereocenters. The predicted octanol–water partition coefficient (Wildman–Crippen LogP) is 3.44. The van der Waals surface area contributed by atoms with Crippen LogP contribution >= 0.6 is 11.6 Å². The number of halogens is 1. The van der Waals surface area contributed by atoms with Gasteiger partial charge < -0.3 is 9.73 Å². The molecule has 0 saturated carbocycles. The first-order valence-corrected chi connectivity index (χ1v) is 6.13. The van der Waals surface area contributed by atoms with E-state index in [9.17, 15) is 10.1 Å². The minimum absolute atomic E-state index is 0.0625. The van der Waals surface area contributed by atoms with Gasteiger partial charge in [0, 0.05) is 23.2 Å². The van der Waals surface area contributed by atoms with Crippen LogP contribution in [0.3, 0.4) is 0 Å². The molecule has 0 amide bonds. The molecular formula is C13H13ClN2O3. The van der Waals surface area contributed by atoms with Crippen LogP contribution < -0.4 is 5.32 Å². The maximum Gasteiger partial charge on any atom is 0.273 e. The Morgan fingerprint density at radius 1 is 1.32 bits per heavy atom. The summed E-state index contributed by atoms with van der Waals surface area (Å²) in [4.78, 5) is 10.5. The molecule has 1 aromatic carbocycles. The largest absolute Gasteiger partial charge is 0.465 e. The molecule has 1 aromatic heterocycles. The first kappa shape index (κ1) is 13.6. The van der Waals surface area contributed by atoms with E-state index in [1.807, 2.05) is 19.1 Å². The van der Waals surface area contributed by atoms with Crippen LogP contribution in [0.25, 0.3) is 0 Å². The van der Waals surface area contributed by atoms with Crippen molar-refractivity contribution in [1.29, 1.82) is 0 Å². The van der Waals surface area contributed by atoms with Gasteiger partial charge >= 0.3 is 0 Å². The van der Waals surface area contributed by atoms with E-state index in [0.29, 0.717) is 23.7 Å². The van der Waals surface area contributed by atoms with Crippen molar-refractivity contribution < 1.29 is 9.34 Å². The van der Waals surface area contributed by atoms with E-state index in [-0.39, 0.29) is 5.69 Å². The molecule has 0 atom stereocenters. The summed E-state index contributed by atoms with van der Waals surface area (Å²) in [5, 5.41) is 14.5. The number of hydrogen-bond acceptors (Lipinski definition) is 4. The Balaban J connectivity index is 2.02. The zero-order valence-corrected chi connectivity index (χ0v) is 11.1. The Bertz CT molecular complexity index is 595. The highest BCUT2D eigenvalue weighted by atomic mass is 35.5. The maximum absolute atomic E-state index is 10.9.